The Morgan fingerprint density at radius 1 is 1.25 bits per heavy atom. The number of carbonyl (C=O) groups is 2. The van der Waals surface area contributed by atoms with Gasteiger partial charge in [-0.1, -0.05) is 13.8 Å². The average molecular weight is 174 g/mol. The Kier molecular flexibility index (Phi) is 4.33. The molecule has 0 aliphatic rings. The first kappa shape index (κ1) is 10.9. The Balaban J connectivity index is 4.04. The highest BCUT2D eigenvalue weighted by Gasteiger charge is 2.21. The lowest BCUT2D eigenvalue weighted by Crippen LogP contribution is -2.19. The van der Waals surface area contributed by atoms with E-state index in [4.69, 9.17) is 10.2 Å². The van der Waals surface area contributed by atoms with Crippen molar-refractivity contribution in [1.29, 1.82) is 0 Å². The molecule has 4 nitrogen and oxygen atoms in total. The summed E-state index contributed by atoms with van der Waals surface area (Å²) < 4.78 is 0. The third kappa shape index (κ3) is 4.71. The van der Waals surface area contributed by atoms with Crippen molar-refractivity contribution < 1.29 is 19.8 Å². The molecule has 0 bridgehead atoms. The first-order chi connectivity index (χ1) is 5.43. The summed E-state index contributed by atoms with van der Waals surface area (Å²) in [4.78, 5) is 20.7. The lowest BCUT2D eigenvalue weighted by Gasteiger charge is -2.11. The third-order valence-electron chi connectivity index (χ3n) is 1.53. The summed E-state index contributed by atoms with van der Waals surface area (Å²) >= 11 is 0. The SMILES string of the molecule is CC(C)CC(CC(=O)O)C(=O)O. The molecule has 2 N–H and O–H groups in total. The van der Waals surface area contributed by atoms with Crippen molar-refractivity contribution in [3.8, 4) is 0 Å². The second kappa shape index (κ2) is 4.74. The third-order valence-corrected chi connectivity index (χ3v) is 1.53. The Morgan fingerprint density at radius 2 is 1.75 bits per heavy atom. The van der Waals surface area contributed by atoms with Gasteiger partial charge in [-0.15, -0.1) is 0 Å². The van der Waals surface area contributed by atoms with Crippen molar-refractivity contribution >= 4 is 11.9 Å². The molecule has 0 aromatic heterocycles. The normalized spacial score (nSPS) is 12.9. The van der Waals surface area contributed by atoms with E-state index in [1.54, 1.807) is 0 Å². The van der Waals surface area contributed by atoms with Crippen molar-refractivity contribution in [3.05, 3.63) is 0 Å². The number of carboxylic acids is 2. The molecule has 0 heterocycles. The van der Waals surface area contributed by atoms with E-state index in [1.807, 2.05) is 13.8 Å². The Bertz CT molecular complexity index is 174. The molecule has 12 heavy (non-hydrogen) atoms. The summed E-state index contributed by atoms with van der Waals surface area (Å²) in [5, 5.41) is 17.0. The van der Waals surface area contributed by atoms with Gasteiger partial charge in [0.1, 0.15) is 0 Å². The molecule has 0 saturated heterocycles. The highest BCUT2D eigenvalue weighted by Crippen LogP contribution is 2.15. The zero-order valence-electron chi connectivity index (χ0n) is 7.28. The summed E-state index contributed by atoms with van der Waals surface area (Å²) in [6, 6.07) is 0. The van der Waals surface area contributed by atoms with E-state index in [9.17, 15) is 9.59 Å². The largest absolute Gasteiger partial charge is 0.481 e. The van der Waals surface area contributed by atoms with Gasteiger partial charge >= 0.3 is 11.9 Å². The van der Waals surface area contributed by atoms with Crippen LogP contribution in [0.3, 0.4) is 0 Å². The van der Waals surface area contributed by atoms with Gasteiger partial charge in [0.15, 0.2) is 0 Å². The topological polar surface area (TPSA) is 74.6 Å². The Labute approximate surface area is 71.2 Å². The first-order valence-electron chi connectivity index (χ1n) is 3.88. The monoisotopic (exact) mass is 174 g/mol. The van der Waals surface area contributed by atoms with Crippen LogP contribution >= 0.6 is 0 Å². The van der Waals surface area contributed by atoms with Crippen LogP contribution in [0.15, 0.2) is 0 Å². The summed E-state index contributed by atoms with van der Waals surface area (Å²) in [6.07, 6.45) is 0.134. The van der Waals surface area contributed by atoms with Crippen LogP contribution in [0.2, 0.25) is 0 Å². The lowest BCUT2D eigenvalue weighted by atomic mass is 9.94. The van der Waals surface area contributed by atoms with E-state index >= 15 is 0 Å². The van der Waals surface area contributed by atoms with E-state index in [0.717, 1.165) is 0 Å². The van der Waals surface area contributed by atoms with E-state index in [1.165, 1.54) is 0 Å². The zero-order chi connectivity index (χ0) is 9.72. The lowest BCUT2D eigenvalue weighted by molar-refractivity contribution is -0.148. The van der Waals surface area contributed by atoms with Crippen molar-refractivity contribution in [2.45, 2.75) is 26.7 Å². The molecule has 1 atom stereocenters. The van der Waals surface area contributed by atoms with E-state index < -0.39 is 17.9 Å². The molecule has 0 aliphatic carbocycles. The van der Waals surface area contributed by atoms with E-state index in [0.29, 0.717) is 6.42 Å². The fraction of sp³-hybridized carbons (Fsp3) is 0.750. The van der Waals surface area contributed by atoms with Crippen molar-refractivity contribution in [1.82, 2.24) is 0 Å². The minimum absolute atomic E-state index is 0.213. The van der Waals surface area contributed by atoms with E-state index in [2.05, 4.69) is 0 Å². The van der Waals surface area contributed by atoms with Crippen molar-refractivity contribution in [2.75, 3.05) is 0 Å². The van der Waals surface area contributed by atoms with Gasteiger partial charge in [-0.05, 0) is 12.3 Å². The predicted octanol–water partition coefficient (Wildman–Crippen LogP) is 1.21. The standard InChI is InChI=1S/C8H14O4/c1-5(2)3-6(8(11)12)4-7(9)10/h5-6H,3-4H2,1-2H3,(H,9,10)(H,11,12). The van der Waals surface area contributed by atoms with Crippen LogP contribution in [0.5, 0.6) is 0 Å². The first-order valence-corrected chi connectivity index (χ1v) is 3.88. The van der Waals surface area contributed by atoms with Gasteiger partial charge in [-0.3, -0.25) is 9.59 Å². The summed E-state index contributed by atoms with van der Waals surface area (Å²) in [5.41, 5.74) is 0. The number of aliphatic carboxylic acids is 2. The molecule has 0 aromatic carbocycles. The van der Waals surface area contributed by atoms with Crippen molar-refractivity contribution in [2.24, 2.45) is 11.8 Å². The molecule has 0 saturated carbocycles. The molecule has 0 radical (unpaired) electrons. The molecule has 0 aromatic rings. The van der Waals surface area contributed by atoms with Crippen molar-refractivity contribution in [3.63, 3.8) is 0 Å². The highest BCUT2D eigenvalue weighted by molar-refractivity contribution is 5.77. The average Bonchev–Trinajstić information content (AvgIpc) is 1.83. The molecule has 0 rings (SSSR count). The maximum atomic E-state index is 10.5. The van der Waals surface area contributed by atoms with Crippen LogP contribution < -0.4 is 0 Å². The van der Waals surface area contributed by atoms with Crippen LogP contribution in [0, 0.1) is 11.8 Å². The minimum atomic E-state index is -1.05. The van der Waals surface area contributed by atoms with Crippen LogP contribution in [0.25, 0.3) is 0 Å². The van der Waals surface area contributed by atoms with Crippen LogP contribution in [0.1, 0.15) is 26.7 Å². The minimum Gasteiger partial charge on any atom is -0.481 e. The van der Waals surface area contributed by atoms with Gasteiger partial charge in [0.2, 0.25) is 0 Å². The molecule has 0 spiro atoms. The zero-order valence-corrected chi connectivity index (χ0v) is 7.28. The number of hydrogen-bond acceptors (Lipinski definition) is 2. The predicted molar refractivity (Wildman–Crippen MR) is 42.8 cm³/mol. The van der Waals surface area contributed by atoms with Gasteiger partial charge in [0.25, 0.3) is 0 Å². The summed E-state index contributed by atoms with van der Waals surface area (Å²) in [6.45, 7) is 3.75. The molecule has 0 aliphatic heterocycles. The molecular weight excluding hydrogens is 160 g/mol. The molecule has 1 unspecified atom stereocenters. The van der Waals surface area contributed by atoms with Crippen LogP contribution in [-0.4, -0.2) is 22.2 Å². The van der Waals surface area contributed by atoms with Gasteiger partial charge in [-0.2, -0.15) is 0 Å². The van der Waals surface area contributed by atoms with Crippen LogP contribution in [0.4, 0.5) is 0 Å². The number of hydrogen-bond donors (Lipinski definition) is 2. The second-order valence-electron chi connectivity index (χ2n) is 3.26. The Morgan fingerprint density at radius 3 is 2.00 bits per heavy atom. The van der Waals surface area contributed by atoms with E-state index in [-0.39, 0.29) is 12.3 Å². The van der Waals surface area contributed by atoms with Gasteiger partial charge in [0, 0.05) is 0 Å². The molecule has 0 amide bonds. The second-order valence-corrected chi connectivity index (χ2v) is 3.26. The smallest absolute Gasteiger partial charge is 0.307 e. The van der Waals surface area contributed by atoms with Gasteiger partial charge in [0.05, 0.1) is 12.3 Å². The molecule has 4 heteroatoms. The highest BCUT2D eigenvalue weighted by atomic mass is 16.4. The summed E-state index contributed by atoms with van der Waals surface area (Å²) in [5.74, 6) is -2.61. The molecular formula is C8H14O4. The maximum Gasteiger partial charge on any atom is 0.307 e. The van der Waals surface area contributed by atoms with Crippen LogP contribution in [-0.2, 0) is 9.59 Å². The van der Waals surface area contributed by atoms with Gasteiger partial charge in [-0.25, -0.2) is 0 Å². The Hall–Kier alpha value is -1.06. The fourth-order valence-electron chi connectivity index (χ4n) is 1.05. The fourth-order valence-corrected chi connectivity index (χ4v) is 1.05. The quantitative estimate of drug-likeness (QED) is 0.656. The number of rotatable bonds is 5. The van der Waals surface area contributed by atoms with Gasteiger partial charge < -0.3 is 10.2 Å². The molecule has 70 valence electrons. The number of carboxylic acid groups (broad SMARTS) is 2. The maximum absolute atomic E-state index is 10.5. The molecule has 0 fully saturated rings. The summed E-state index contributed by atoms with van der Waals surface area (Å²) in [7, 11) is 0.